The zero-order chi connectivity index (χ0) is 18.9. The minimum Gasteiger partial charge on any atom is -0.480 e. The van der Waals surface area contributed by atoms with Gasteiger partial charge in [-0.05, 0) is 43.9 Å². The van der Waals surface area contributed by atoms with Gasteiger partial charge in [0.25, 0.3) is 5.91 Å². The normalized spacial score (nSPS) is 19.2. The van der Waals surface area contributed by atoms with E-state index in [2.05, 4.69) is 10.4 Å². The van der Waals surface area contributed by atoms with Crippen LogP contribution in [-0.2, 0) is 14.4 Å². The number of nitrogens with zero attached hydrogens (tertiary/aromatic N) is 2. The Hall–Kier alpha value is -2.70. The number of amides is 2. The van der Waals surface area contributed by atoms with E-state index in [4.69, 9.17) is 0 Å². The molecule has 3 rings (SSSR count). The average Bonchev–Trinajstić information content (AvgIpc) is 3.07. The third kappa shape index (κ3) is 3.34. The van der Waals surface area contributed by atoms with Crippen molar-refractivity contribution in [3.8, 4) is 0 Å². The highest BCUT2D eigenvalue weighted by molar-refractivity contribution is 6.40. The predicted molar refractivity (Wildman–Crippen MR) is 97.0 cm³/mol. The summed E-state index contributed by atoms with van der Waals surface area (Å²) in [6.45, 7) is 3.80. The van der Waals surface area contributed by atoms with Crippen molar-refractivity contribution in [2.45, 2.75) is 57.9 Å². The van der Waals surface area contributed by atoms with E-state index in [-0.39, 0.29) is 24.5 Å². The lowest BCUT2D eigenvalue weighted by Crippen LogP contribution is -2.55. The molecule has 2 N–H and O–H groups in total. The first-order chi connectivity index (χ1) is 12.3. The van der Waals surface area contributed by atoms with Gasteiger partial charge in [0.1, 0.15) is 11.3 Å². The zero-order valence-corrected chi connectivity index (χ0v) is 15.0. The van der Waals surface area contributed by atoms with Crippen molar-refractivity contribution in [3.05, 3.63) is 29.3 Å². The topological polar surface area (TPSA) is 99.1 Å². The van der Waals surface area contributed by atoms with E-state index in [1.54, 1.807) is 0 Å². The Morgan fingerprint density at radius 2 is 1.88 bits per heavy atom. The van der Waals surface area contributed by atoms with Crippen molar-refractivity contribution in [3.63, 3.8) is 0 Å². The van der Waals surface area contributed by atoms with E-state index in [1.165, 1.54) is 5.01 Å². The van der Waals surface area contributed by atoms with E-state index < -0.39 is 17.4 Å². The van der Waals surface area contributed by atoms with Gasteiger partial charge in [-0.25, -0.2) is 9.80 Å². The number of anilines is 1. The van der Waals surface area contributed by atoms with Crippen molar-refractivity contribution in [2.75, 3.05) is 5.01 Å². The molecular formula is C19H23N3O4. The molecule has 0 atom stereocenters. The molecule has 1 aliphatic heterocycles. The van der Waals surface area contributed by atoms with Crippen LogP contribution < -0.4 is 10.3 Å². The van der Waals surface area contributed by atoms with Gasteiger partial charge in [0.05, 0.1) is 5.69 Å². The minimum absolute atomic E-state index is 0.166. The summed E-state index contributed by atoms with van der Waals surface area (Å²) in [7, 11) is 0. The summed E-state index contributed by atoms with van der Waals surface area (Å²) >= 11 is 0. The Bertz CT molecular complexity index is 794. The summed E-state index contributed by atoms with van der Waals surface area (Å²) in [5.41, 5.74) is 1.49. The van der Waals surface area contributed by atoms with E-state index >= 15 is 0 Å². The maximum absolute atomic E-state index is 12.7. The fraction of sp³-hybridized carbons (Fsp3) is 0.474. The third-order valence-electron chi connectivity index (χ3n) is 5.11. The second kappa shape index (κ2) is 6.90. The van der Waals surface area contributed by atoms with Crippen LogP contribution in [0.5, 0.6) is 0 Å². The Morgan fingerprint density at radius 3 is 2.54 bits per heavy atom. The summed E-state index contributed by atoms with van der Waals surface area (Å²) in [5.74, 6) is -1.69. The molecule has 26 heavy (non-hydrogen) atoms. The number of hydrazone groups is 1. The molecule has 1 aliphatic carbocycles. The van der Waals surface area contributed by atoms with Gasteiger partial charge in [0, 0.05) is 12.8 Å². The fourth-order valence-corrected chi connectivity index (χ4v) is 3.51. The maximum Gasteiger partial charge on any atom is 0.329 e. The number of nitrogens with one attached hydrogen (secondary N) is 1. The lowest BCUT2D eigenvalue weighted by atomic mass is 9.97. The van der Waals surface area contributed by atoms with Gasteiger partial charge >= 0.3 is 5.97 Å². The van der Waals surface area contributed by atoms with Gasteiger partial charge in [-0.2, -0.15) is 5.10 Å². The van der Waals surface area contributed by atoms with Gasteiger partial charge < -0.3 is 10.4 Å². The number of rotatable bonds is 4. The van der Waals surface area contributed by atoms with Crippen molar-refractivity contribution in [1.82, 2.24) is 5.32 Å². The van der Waals surface area contributed by atoms with Crippen LogP contribution in [0.2, 0.25) is 0 Å². The maximum atomic E-state index is 12.7. The standard InChI is InChI=1S/C19H23N3O4/c1-12-5-6-13(2)15(11-12)22-16(23)8-7-14(21-22)17(24)20-19(18(25)26)9-3-4-10-19/h5-6,11H,3-4,7-10H2,1-2H3,(H,20,24)(H,25,26). The van der Waals surface area contributed by atoms with E-state index in [1.807, 2.05) is 32.0 Å². The summed E-state index contributed by atoms with van der Waals surface area (Å²) in [6.07, 6.45) is 2.75. The van der Waals surface area contributed by atoms with Gasteiger partial charge in [0.2, 0.25) is 5.91 Å². The molecule has 1 aromatic rings. The molecule has 7 nitrogen and oxygen atoms in total. The Morgan fingerprint density at radius 1 is 1.19 bits per heavy atom. The highest BCUT2D eigenvalue weighted by atomic mass is 16.4. The molecule has 2 aliphatic rings. The van der Waals surface area contributed by atoms with Crippen LogP contribution in [0.4, 0.5) is 5.69 Å². The van der Waals surface area contributed by atoms with Crippen LogP contribution in [0.3, 0.4) is 0 Å². The molecule has 1 fully saturated rings. The summed E-state index contributed by atoms with van der Waals surface area (Å²) in [6, 6.07) is 5.70. The van der Waals surface area contributed by atoms with Crippen LogP contribution in [-0.4, -0.2) is 34.1 Å². The molecule has 1 aromatic carbocycles. The van der Waals surface area contributed by atoms with Crippen LogP contribution in [0.15, 0.2) is 23.3 Å². The number of carboxylic acid groups (broad SMARTS) is 1. The van der Waals surface area contributed by atoms with E-state index in [0.717, 1.165) is 24.0 Å². The molecule has 1 heterocycles. The number of benzene rings is 1. The second-order valence-electron chi connectivity index (χ2n) is 7.09. The number of carbonyl (C=O) groups excluding carboxylic acids is 2. The Labute approximate surface area is 152 Å². The molecular weight excluding hydrogens is 334 g/mol. The number of aryl methyl sites for hydroxylation is 2. The molecule has 0 radical (unpaired) electrons. The Balaban J connectivity index is 1.87. The van der Waals surface area contributed by atoms with Crippen molar-refractivity contribution < 1.29 is 19.5 Å². The highest BCUT2D eigenvalue weighted by Crippen LogP contribution is 2.30. The summed E-state index contributed by atoms with van der Waals surface area (Å²) in [5, 5.41) is 17.7. The average molecular weight is 357 g/mol. The van der Waals surface area contributed by atoms with Crippen LogP contribution in [0.25, 0.3) is 0 Å². The molecule has 7 heteroatoms. The molecule has 0 unspecified atom stereocenters. The quantitative estimate of drug-likeness (QED) is 0.864. The Kier molecular flexibility index (Phi) is 4.80. The van der Waals surface area contributed by atoms with Gasteiger partial charge in [0.15, 0.2) is 0 Å². The smallest absolute Gasteiger partial charge is 0.329 e. The molecule has 2 amide bonds. The lowest BCUT2D eigenvalue weighted by molar-refractivity contribution is -0.146. The number of hydrogen-bond donors (Lipinski definition) is 2. The number of carboxylic acids is 1. The van der Waals surface area contributed by atoms with Gasteiger partial charge in [-0.3, -0.25) is 9.59 Å². The number of hydrogen-bond acceptors (Lipinski definition) is 4. The summed E-state index contributed by atoms with van der Waals surface area (Å²) in [4.78, 5) is 36.6. The summed E-state index contributed by atoms with van der Waals surface area (Å²) < 4.78 is 0. The van der Waals surface area contributed by atoms with Crippen molar-refractivity contribution in [1.29, 1.82) is 0 Å². The molecule has 0 saturated heterocycles. The highest BCUT2D eigenvalue weighted by Gasteiger charge is 2.43. The second-order valence-corrected chi connectivity index (χ2v) is 7.09. The molecule has 0 aromatic heterocycles. The van der Waals surface area contributed by atoms with Gasteiger partial charge in [-0.15, -0.1) is 0 Å². The third-order valence-corrected chi connectivity index (χ3v) is 5.11. The van der Waals surface area contributed by atoms with E-state index in [9.17, 15) is 19.5 Å². The minimum atomic E-state index is -1.22. The first-order valence-electron chi connectivity index (χ1n) is 8.86. The largest absolute Gasteiger partial charge is 0.480 e. The molecule has 1 saturated carbocycles. The van der Waals surface area contributed by atoms with Crippen LogP contribution in [0.1, 0.15) is 49.7 Å². The zero-order valence-electron chi connectivity index (χ0n) is 15.0. The molecule has 0 bridgehead atoms. The van der Waals surface area contributed by atoms with Crippen LogP contribution >= 0.6 is 0 Å². The number of aliphatic carboxylic acids is 1. The van der Waals surface area contributed by atoms with E-state index in [0.29, 0.717) is 18.5 Å². The van der Waals surface area contributed by atoms with Gasteiger partial charge in [-0.1, -0.05) is 25.0 Å². The first kappa shape index (κ1) is 18.1. The van der Waals surface area contributed by atoms with Crippen molar-refractivity contribution in [2.24, 2.45) is 5.10 Å². The number of carbonyl (C=O) groups is 3. The molecule has 138 valence electrons. The SMILES string of the molecule is Cc1ccc(C)c(N2N=C(C(=O)NC3(C(=O)O)CCCC3)CCC2=O)c1. The fourth-order valence-electron chi connectivity index (χ4n) is 3.51. The lowest BCUT2D eigenvalue weighted by Gasteiger charge is -2.28. The predicted octanol–water partition coefficient (Wildman–Crippen LogP) is 2.30. The monoisotopic (exact) mass is 357 g/mol. The van der Waals surface area contributed by atoms with Crippen LogP contribution in [0, 0.1) is 13.8 Å². The van der Waals surface area contributed by atoms with Crippen molar-refractivity contribution >= 4 is 29.2 Å². The first-order valence-corrected chi connectivity index (χ1v) is 8.86. The molecule has 0 spiro atoms.